The topological polar surface area (TPSA) is 83.8 Å². The summed E-state index contributed by atoms with van der Waals surface area (Å²) < 4.78 is 6.53. The zero-order valence-corrected chi connectivity index (χ0v) is 14.9. The molecule has 1 aromatic rings. The number of aldehydes is 1. The molecule has 0 aromatic heterocycles. The number of carbonyl (C=O) groups is 2. The number of ketones is 1. The van der Waals surface area contributed by atoms with Gasteiger partial charge in [0.25, 0.3) is 0 Å². The molecule has 3 atom stereocenters. The van der Waals surface area contributed by atoms with Gasteiger partial charge in [-0.05, 0) is 50.9 Å². The van der Waals surface area contributed by atoms with Gasteiger partial charge in [0.05, 0.1) is 5.56 Å². The Morgan fingerprint density at radius 3 is 2.44 bits per heavy atom. The second-order valence-electron chi connectivity index (χ2n) is 8.39. The predicted molar refractivity (Wildman–Crippen MR) is 91.5 cm³/mol. The molecule has 1 aromatic carbocycles. The van der Waals surface area contributed by atoms with Crippen molar-refractivity contribution in [3.8, 4) is 17.2 Å². The maximum atomic E-state index is 12.2. The minimum absolute atomic E-state index is 0.0209. The number of fused-ring (bicyclic) bond motifs is 4. The summed E-state index contributed by atoms with van der Waals surface area (Å²) in [4.78, 5) is 23.5. The average Bonchev–Trinajstić information content (AvgIpc) is 3.10. The van der Waals surface area contributed by atoms with Crippen LogP contribution in [-0.2, 0) is 6.42 Å². The number of hydrogen-bond donors (Lipinski definition) is 2. The van der Waals surface area contributed by atoms with Crippen molar-refractivity contribution in [3.05, 3.63) is 16.7 Å². The number of Topliss-reactive ketones (excluding diaryl/α,β-unsaturated/α-hetero) is 1. The van der Waals surface area contributed by atoms with Crippen molar-refractivity contribution in [1.82, 2.24) is 0 Å². The van der Waals surface area contributed by atoms with Crippen molar-refractivity contribution in [3.63, 3.8) is 0 Å². The Hall–Kier alpha value is -2.04. The van der Waals surface area contributed by atoms with E-state index in [0.717, 1.165) is 19.3 Å². The van der Waals surface area contributed by atoms with Gasteiger partial charge in [-0.3, -0.25) is 9.59 Å². The molecule has 0 amide bonds. The summed E-state index contributed by atoms with van der Waals surface area (Å²) in [6.07, 6.45) is 5.13. The molecule has 2 fully saturated rings. The van der Waals surface area contributed by atoms with Crippen molar-refractivity contribution >= 4 is 12.1 Å². The van der Waals surface area contributed by atoms with Gasteiger partial charge in [-0.15, -0.1) is 0 Å². The fourth-order valence-electron chi connectivity index (χ4n) is 5.78. The maximum Gasteiger partial charge on any atom is 0.167 e. The first kappa shape index (κ1) is 16.4. The minimum Gasteiger partial charge on any atom is -0.507 e. The largest absolute Gasteiger partial charge is 0.507 e. The molecule has 134 valence electrons. The highest BCUT2D eigenvalue weighted by Crippen LogP contribution is 2.66. The summed E-state index contributed by atoms with van der Waals surface area (Å²) in [5.41, 5.74) is -0.150. The first-order valence-electron chi connectivity index (χ1n) is 9.00. The molecule has 0 saturated heterocycles. The van der Waals surface area contributed by atoms with Crippen LogP contribution < -0.4 is 4.74 Å². The molecule has 1 aliphatic heterocycles. The van der Waals surface area contributed by atoms with E-state index in [9.17, 15) is 19.8 Å². The van der Waals surface area contributed by atoms with Gasteiger partial charge in [-0.1, -0.05) is 13.8 Å². The standard InChI is InChI=1S/C20H24O5/c1-10(22)15-17(24)14(9-21)16(23)13-6-7-20(25-18(13)15)12-5-4-11(8-12)19(20,2)3/h9,11-12,23-24H,4-8H2,1-3H3/t11-,12+,20+/m0/s1. The zero-order chi connectivity index (χ0) is 18.1. The molecule has 3 aliphatic rings. The summed E-state index contributed by atoms with van der Waals surface area (Å²) in [7, 11) is 0. The monoisotopic (exact) mass is 344 g/mol. The summed E-state index contributed by atoms with van der Waals surface area (Å²) >= 11 is 0. The second kappa shape index (κ2) is 4.99. The van der Waals surface area contributed by atoms with Gasteiger partial charge in [0.1, 0.15) is 28.4 Å². The number of rotatable bonds is 2. The molecule has 4 rings (SSSR count). The first-order chi connectivity index (χ1) is 11.7. The molecule has 0 radical (unpaired) electrons. The summed E-state index contributed by atoms with van der Waals surface area (Å²) in [6.45, 7) is 5.81. The summed E-state index contributed by atoms with van der Waals surface area (Å²) in [5, 5.41) is 20.8. The average molecular weight is 344 g/mol. The maximum absolute atomic E-state index is 12.2. The zero-order valence-electron chi connectivity index (χ0n) is 14.9. The Morgan fingerprint density at radius 2 is 1.88 bits per heavy atom. The van der Waals surface area contributed by atoms with Gasteiger partial charge in [-0.2, -0.15) is 0 Å². The van der Waals surface area contributed by atoms with Crippen molar-refractivity contribution in [2.75, 3.05) is 0 Å². The van der Waals surface area contributed by atoms with Crippen LogP contribution in [0.25, 0.3) is 0 Å². The minimum atomic E-state index is -0.475. The quantitative estimate of drug-likeness (QED) is 0.632. The van der Waals surface area contributed by atoms with E-state index >= 15 is 0 Å². The fraction of sp³-hybridized carbons (Fsp3) is 0.600. The van der Waals surface area contributed by atoms with E-state index in [-0.39, 0.29) is 39.4 Å². The van der Waals surface area contributed by atoms with E-state index < -0.39 is 5.75 Å². The number of phenols is 2. The van der Waals surface area contributed by atoms with Crippen molar-refractivity contribution in [2.45, 2.75) is 58.5 Å². The third kappa shape index (κ3) is 1.84. The van der Waals surface area contributed by atoms with Crippen LogP contribution >= 0.6 is 0 Å². The van der Waals surface area contributed by atoms with Crippen LogP contribution in [-0.4, -0.2) is 27.9 Å². The fourth-order valence-corrected chi connectivity index (χ4v) is 5.78. The van der Waals surface area contributed by atoms with Gasteiger partial charge >= 0.3 is 0 Å². The number of benzene rings is 1. The van der Waals surface area contributed by atoms with E-state index in [0.29, 0.717) is 30.1 Å². The number of ether oxygens (including phenoxy) is 1. The van der Waals surface area contributed by atoms with Crippen LogP contribution in [0.15, 0.2) is 0 Å². The van der Waals surface area contributed by atoms with Crippen LogP contribution in [0.4, 0.5) is 0 Å². The number of hydrogen-bond acceptors (Lipinski definition) is 5. The van der Waals surface area contributed by atoms with Gasteiger partial charge in [0.2, 0.25) is 0 Å². The van der Waals surface area contributed by atoms with Crippen LogP contribution in [0, 0.1) is 17.3 Å². The van der Waals surface area contributed by atoms with Gasteiger partial charge in [0.15, 0.2) is 12.1 Å². The SMILES string of the molecule is CC(=O)c1c(O)c(C=O)c(O)c2c1O[C@]1(CC2)[C@@H]2CC[C@@H](C2)C1(C)C. The normalized spacial score (nSPS) is 31.6. The van der Waals surface area contributed by atoms with Gasteiger partial charge in [-0.25, -0.2) is 0 Å². The lowest BCUT2D eigenvalue weighted by molar-refractivity contribution is -0.0976. The van der Waals surface area contributed by atoms with E-state index in [1.54, 1.807) is 0 Å². The highest BCUT2D eigenvalue weighted by Gasteiger charge is 2.65. The lowest BCUT2D eigenvalue weighted by Crippen LogP contribution is -2.55. The lowest BCUT2D eigenvalue weighted by atomic mass is 9.62. The molecule has 2 N–H and O–H groups in total. The molecular formula is C20H24O5. The second-order valence-corrected chi connectivity index (χ2v) is 8.39. The highest BCUT2D eigenvalue weighted by molar-refractivity contribution is 6.04. The van der Waals surface area contributed by atoms with Crippen molar-refractivity contribution in [1.29, 1.82) is 0 Å². The van der Waals surface area contributed by atoms with Crippen LogP contribution in [0.2, 0.25) is 0 Å². The Bertz CT molecular complexity index is 794. The van der Waals surface area contributed by atoms with Crippen LogP contribution in [0.5, 0.6) is 17.2 Å². The highest BCUT2D eigenvalue weighted by atomic mass is 16.5. The van der Waals surface area contributed by atoms with Crippen molar-refractivity contribution < 1.29 is 24.5 Å². The molecule has 5 nitrogen and oxygen atoms in total. The first-order valence-corrected chi connectivity index (χ1v) is 9.00. The third-order valence-electron chi connectivity index (χ3n) is 7.24. The Kier molecular flexibility index (Phi) is 3.28. The molecule has 2 saturated carbocycles. The van der Waals surface area contributed by atoms with E-state index in [2.05, 4.69) is 13.8 Å². The van der Waals surface area contributed by atoms with Gasteiger partial charge in [0, 0.05) is 11.0 Å². The van der Waals surface area contributed by atoms with Crippen LogP contribution in [0.1, 0.15) is 72.7 Å². The number of carbonyl (C=O) groups excluding carboxylic acids is 2. The van der Waals surface area contributed by atoms with Gasteiger partial charge < -0.3 is 14.9 Å². The molecule has 25 heavy (non-hydrogen) atoms. The van der Waals surface area contributed by atoms with Crippen molar-refractivity contribution in [2.24, 2.45) is 17.3 Å². The summed E-state index contributed by atoms with van der Waals surface area (Å²) in [5.74, 6) is 0.196. The Labute approximate surface area is 147 Å². The molecule has 2 aliphatic carbocycles. The van der Waals surface area contributed by atoms with E-state index in [1.165, 1.54) is 13.3 Å². The summed E-state index contributed by atoms with van der Waals surface area (Å²) in [6, 6.07) is 0. The Balaban J connectivity index is 1.92. The molecule has 2 bridgehead atoms. The lowest BCUT2D eigenvalue weighted by Gasteiger charge is -2.52. The van der Waals surface area contributed by atoms with E-state index in [1.807, 2.05) is 0 Å². The van der Waals surface area contributed by atoms with E-state index in [4.69, 9.17) is 4.74 Å². The molecule has 0 unspecified atom stereocenters. The number of aromatic hydroxyl groups is 2. The molecule has 1 spiro atoms. The third-order valence-corrected chi connectivity index (χ3v) is 7.24. The molecular weight excluding hydrogens is 320 g/mol. The smallest absolute Gasteiger partial charge is 0.167 e. The predicted octanol–water partition coefficient (Wildman–Crippen LogP) is 3.63. The number of phenolic OH excluding ortho intramolecular Hbond substituents is 2. The molecule has 5 heteroatoms. The Morgan fingerprint density at radius 1 is 1.20 bits per heavy atom. The van der Waals surface area contributed by atoms with Crippen LogP contribution in [0.3, 0.4) is 0 Å². The molecule has 1 heterocycles.